The normalized spacial score (nSPS) is 17.1. The van der Waals surface area contributed by atoms with E-state index in [1.807, 2.05) is 6.92 Å². The molecular formula is C14H26N4O. The fourth-order valence-electron chi connectivity index (χ4n) is 2.83. The van der Waals surface area contributed by atoms with Crippen molar-refractivity contribution in [3.8, 4) is 0 Å². The number of hydrogen-bond donors (Lipinski definition) is 1. The van der Waals surface area contributed by atoms with Crippen molar-refractivity contribution in [3.63, 3.8) is 0 Å². The molecule has 1 aliphatic rings. The van der Waals surface area contributed by atoms with E-state index in [1.54, 1.807) is 7.11 Å². The zero-order valence-corrected chi connectivity index (χ0v) is 12.4. The van der Waals surface area contributed by atoms with Crippen LogP contribution in [0.5, 0.6) is 0 Å². The zero-order chi connectivity index (χ0) is 13.8. The first-order valence-corrected chi connectivity index (χ1v) is 7.24. The Balaban J connectivity index is 2.10. The number of nitrogen functional groups attached to an aromatic ring is 1. The summed E-state index contributed by atoms with van der Waals surface area (Å²) in [6, 6.07) is 0. The summed E-state index contributed by atoms with van der Waals surface area (Å²) in [5.41, 5.74) is 8.00. The molecule has 2 heterocycles. The molecule has 1 aromatic rings. The average Bonchev–Trinajstić information content (AvgIpc) is 2.67. The molecule has 0 unspecified atom stereocenters. The summed E-state index contributed by atoms with van der Waals surface area (Å²) in [4.78, 5) is 2.39. The molecule has 5 heteroatoms. The first-order valence-electron chi connectivity index (χ1n) is 7.24. The maximum atomic E-state index is 6.21. The molecule has 108 valence electrons. The van der Waals surface area contributed by atoms with Crippen molar-refractivity contribution < 1.29 is 4.74 Å². The van der Waals surface area contributed by atoms with E-state index in [0.29, 0.717) is 5.92 Å². The molecule has 2 N–H and O–H groups in total. The molecule has 0 atom stereocenters. The third-order valence-corrected chi connectivity index (χ3v) is 3.90. The maximum Gasteiger partial charge on any atom is 0.150 e. The third kappa shape index (κ3) is 3.03. The molecule has 0 bridgehead atoms. The lowest BCUT2D eigenvalue weighted by molar-refractivity contribution is 0.139. The van der Waals surface area contributed by atoms with Crippen LogP contribution in [-0.4, -0.2) is 36.6 Å². The molecule has 0 aliphatic carbocycles. The number of anilines is 2. The van der Waals surface area contributed by atoms with Crippen LogP contribution in [0, 0.1) is 12.8 Å². The van der Waals surface area contributed by atoms with Crippen molar-refractivity contribution in [2.24, 2.45) is 5.92 Å². The number of nitrogens with two attached hydrogens (primary N) is 1. The Bertz CT molecular complexity index is 408. The van der Waals surface area contributed by atoms with E-state index >= 15 is 0 Å². The van der Waals surface area contributed by atoms with Crippen LogP contribution in [-0.2, 0) is 11.3 Å². The molecule has 0 aromatic carbocycles. The van der Waals surface area contributed by atoms with Crippen molar-refractivity contribution in [2.45, 2.75) is 39.7 Å². The lowest BCUT2D eigenvalue weighted by atomic mass is 9.98. The molecule has 1 saturated heterocycles. The monoisotopic (exact) mass is 266 g/mol. The van der Waals surface area contributed by atoms with E-state index in [-0.39, 0.29) is 0 Å². The van der Waals surface area contributed by atoms with E-state index in [0.717, 1.165) is 49.9 Å². The van der Waals surface area contributed by atoms with Gasteiger partial charge in [-0.25, -0.2) is 4.68 Å². The zero-order valence-electron chi connectivity index (χ0n) is 12.4. The second-order valence-electron chi connectivity index (χ2n) is 5.43. The van der Waals surface area contributed by atoms with Crippen LogP contribution in [0.1, 0.15) is 31.9 Å². The van der Waals surface area contributed by atoms with E-state index in [4.69, 9.17) is 10.5 Å². The Kier molecular flexibility index (Phi) is 4.69. The van der Waals surface area contributed by atoms with Crippen LogP contribution in [0.15, 0.2) is 0 Å². The molecule has 2 rings (SSSR count). The molecule has 5 nitrogen and oxygen atoms in total. The van der Waals surface area contributed by atoms with Gasteiger partial charge in [0.15, 0.2) is 5.82 Å². The van der Waals surface area contributed by atoms with Gasteiger partial charge in [0, 0.05) is 33.4 Å². The van der Waals surface area contributed by atoms with Crippen LogP contribution >= 0.6 is 0 Å². The first kappa shape index (κ1) is 14.2. The minimum Gasteiger partial charge on any atom is -0.394 e. The number of aryl methyl sites for hydroxylation is 2. The summed E-state index contributed by atoms with van der Waals surface area (Å²) >= 11 is 0. The molecule has 0 amide bonds. The Hall–Kier alpha value is -1.23. The van der Waals surface area contributed by atoms with Gasteiger partial charge in [0.2, 0.25) is 0 Å². The molecular weight excluding hydrogens is 240 g/mol. The Morgan fingerprint density at radius 3 is 2.63 bits per heavy atom. The Labute approximate surface area is 115 Å². The molecule has 1 fully saturated rings. The maximum absolute atomic E-state index is 6.21. The molecule has 0 saturated carbocycles. The van der Waals surface area contributed by atoms with Gasteiger partial charge >= 0.3 is 0 Å². The summed E-state index contributed by atoms with van der Waals surface area (Å²) in [7, 11) is 1.78. The Morgan fingerprint density at radius 2 is 2.05 bits per heavy atom. The molecule has 0 radical (unpaired) electrons. The third-order valence-electron chi connectivity index (χ3n) is 3.90. The van der Waals surface area contributed by atoms with Gasteiger partial charge in [0.05, 0.1) is 11.4 Å². The highest BCUT2D eigenvalue weighted by atomic mass is 16.5. The summed E-state index contributed by atoms with van der Waals surface area (Å²) in [5, 5.41) is 4.56. The predicted molar refractivity (Wildman–Crippen MR) is 78.5 cm³/mol. The molecule has 19 heavy (non-hydrogen) atoms. The molecule has 0 spiro atoms. The summed E-state index contributed by atoms with van der Waals surface area (Å²) in [6.45, 7) is 8.06. The second-order valence-corrected chi connectivity index (χ2v) is 5.43. The average molecular weight is 266 g/mol. The number of ether oxygens (including phenoxy) is 1. The molecule has 1 aliphatic heterocycles. The van der Waals surface area contributed by atoms with Crippen LogP contribution in [0.2, 0.25) is 0 Å². The highest BCUT2D eigenvalue weighted by molar-refractivity contribution is 5.66. The number of methoxy groups -OCH3 is 1. The van der Waals surface area contributed by atoms with Crippen LogP contribution < -0.4 is 10.6 Å². The minimum absolute atomic E-state index is 0.686. The summed E-state index contributed by atoms with van der Waals surface area (Å²) < 4.78 is 7.32. The van der Waals surface area contributed by atoms with E-state index < -0.39 is 0 Å². The Morgan fingerprint density at radius 1 is 1.37 bits per heavy atom. The lowest BCUT2D eigenvalue weighted by Gasteiger charge is -2.33. The number of hydrogen-bond acceptors (Lipinski definition) is 4. The number of piperidine rings is 1. The summed E-state index contributed by atoms with van der Waals surface area (Å²) in [6.07, 6.45) is 3.42. The van der Waals surface area contributed by atoms with Gasteiger partial charge in [-0.2, -0.15) is 5.10 Å². The van der Waals surface area contributed by atoms with Gasteiger partial charge in [-0.15, -0.1) is 0 Å². The number of aromatic nitrogens is 2. The van der Waals surface area contributed by atoms with Crippen molar-refractivity contribution in [1.82, 2.24) is 9.78 Å². The van der Waals surface area contributed by atoms with Gasteiger partial charge in [-0.1, -0.05) is 6.92 Å². The standard InChI is InChI=1S/C14H26N4O/c1-4-7-18-14(13(15)11(2)16-18)17-8-5-12(6-9-17)10-19-3/h12H,4-10,15H2,1-3H3. The van der Waals surface area contributed by atoms with Crippen molar-refractivity contribution in [3.05, 3.63) is 5.69 Å². The number of rotatable bonds is 5. The van der Waals surface area contributed by atoms with Crippen molar-refractivity contribution >= 4 is 11.5 Å². The minimum atomic E-state index is 0.686. The van der Waals surface area contributed by atoms with Gasteiger partial charge in [0.1, 0.15) is 0 Å². The predicted octanol–water partition coefficient (Wildman–Crippen LogP) is 2.05. The highest BCUT2D eigenvalue weighted by Gasteiger charge is 2.24. The smallest absolute Gasteiger partial charge is 0.150 e. The largest absolute Gasteiger partial charge is 0.394 e. The molecule has 1 aromatic heterocycles. The topological polar surface area (TPSA) is 56.3 Å². The van der Waals surface area contributed by atoms with E-state index in [9.17, 15) is 0 Å². The fourth-order valence-corrected chi connectivity index (χ4v) is 2.83. The quantitative estimate of drug-likeness (QED) is 0.886. The highest BCUT2D eigenvalue weighted by Crippen LogP contribution is 2.30. The lowest BCUT2D eigenvalue weighted by Crippen LogP contribution is -2.36. The van der Waals surface area contributed by atoms with Gasteiger partial charge in [-0.3, -0.25) is 0 Å². The SMILES string of the molecule is CCCn1nc(C)c(N)c1N1CCC(COC)CC1. The van der Waals surface area contributed by atoms with Gasteiger partial charge in [-0.05, 0) is 32.1 Å². The summed E-state index contributed by atoms with van der Waals surface area (Å²) in [5.74, 6) is 1.81. The van der Waals surface area contributed by atoms with Gasteiger partial charge < -0.3 is 15.4 Å². The fraction of sp³-hybridized carbons (Fsp3) is 0.786. The van der Waals surface area contributed by atoms with Crippen LogP contribution in [0.4, 0.5) is 11.5 Å². The van der Waals surface area contributed by atoms with Crippen molar-refractivity contribution in [1.29, 1.82) is 0 Å². The van der Waals surface area contributed by atoms with Crippen molar-refractivity contribution in [2.75, 3.05) is 37.4 Å². The van der Waals surface area contributed by atoms with Crippen LogP contribution in [0.3, 0.4) is 0 Å². The van der Waals surface area contributed by atoms with Crippen LogP contribution in [0.25, 0.3) is 0 Å². The van der Waals surface area contributed by atoms with E-state index in [1.165, 1.54) is 12.8 Å². The second kappa shape index (κ2) is 6.28. The number of nitrogens with zero attached hydrogens (tertiary/aromatic N) is 3. The van der Waals surface area contributed by atoms with E-state index in [2.05, 4.69) is 21.6 Å². The van der Waals surface area contributed by atoms with Gasteiger partial charge in [0.25, 0.3) is 0 Å². The first-order chi connectivity index (χ1) is 9.17.